The van der Waals surface area contributed by atoms with E-state index >= 15 is 0 Å². The average Bonchev–Trinajstić information content (AvgIpc) is 2.87. The lowest BCUT2D eigenvalue weighted by Crippen LogP contribution is -1.88. The molecule has 0 amide bonds. The Morgan fingerprint density at radius 3 is 3.20 bits per heavy atom. The van der Waals surface area contributed by atoms with Crippen LogP contribution in [0.3, 0.4) is 0 Å². The van der Waals surface area contributed by atoms with Crippen molar-refractivity contribution in [1.29, 1.82) is 0 Å². The molecule has 1 N–H and O–H groups in total. The summed E-state index contributed by atoms with van der Waals surface area (Å²) in [5.41, 5.74) is 0.988. The van der Waals surface area contributed by atoms with Crippen LogP contribution in [0.4, 0.5) is 0 Å². The van der Waals surface area contributed by atoms with Gasteiger partial charge in [-0.05, 0) is 11.4 Å². The molecule has 2 aromatic heterocycles. The first-order valence-corrected chi connectivity index (χ1v) is 6.53. The largest absolute Gasteiger partial charge is 0.396 e. The summed E-state index contributed by atoms with van der Waals surface area (Å²) in [7, 11) is 0. The second-order valence-corrected chi connectivity index (χ2v) is 4.69. The molecule has 6 heteroatoms. The van der Waals surface area contributed by atoms with Gasteiger partial charge in [-0.25, -0.2) is 0 Å². The van der Waals surface area contributed by atoms with Crippen molar-refractivity contribution in [2.75, 3.05) is 12.4 Å². The van der Waals surface area contributed by atoms with Crippen molar-refractivity contribution >= 4 is 23.1 Å². The molecule has 0 saturated carbocycles. The minimum Gasteiger partial charge on any atom is -0.396 e. The van der Waals surface area contributed by atoms with Crippen molar-refractivity contribution in [3.63, 3.8) is 0 Å². The first-order chi connectivity index (χ1) is 7.40. The normalized spacial score (nSPS) is 10.7. The molecule has 0 unspecified atom stereocenters. The van der Waals surface area contributed by atoms with Gasteiger partial charge in [-0.1, -0.05) is 5.16 Å². The van der Waals surface area contributed by atoms with Gasteiger partial charge >= 0.3 is 0 Å². The van der Waals surface area contributed by atoms with E-state index in [0.717, 1.165) is 5.56 Å². The van der Waals surface area contributed by atoms with Crippen LogP contribution in [-0.2, 0) is 5.75 Å². The summed E-state index contributed by atoms with van der Waals surface area (Å²) in [5, 5.41) is 16.5. The molecule has 0 bridgehead atoms. The van der Waals surface area contributed by atoms with Crippen LogP contribution in [0.1, 0.15) is 5.89 Å². The molecule has 0 aliphatic heterocycles. The van der Waals surface area contributed by atoms with Gasteiger partial charge in [-0.3, -0.25) is 0 Å². The van der Waals surface area contributed by atoms with E-state index < -0.39 is 0 Å². The maximum absolute atomic E-state index is 8.61. The van der Waals surface area contributed by atoms with E-state index in [1.165, 1.54) is 0 Å². The summed E-state index contributed by atoms with van der Waals surface area (Å²) in [6.45, 7) is 0.177. The number of thioether (sulfide) groups is 1. The summed E-state index contributed by atoms with van der Waals surface area (Å²) in [5.74, 6) is 2.58. The number of thiophene rings is 1. The van der Waals surface area contributed by atoms with E-state index in [-0.39, 0.29) is 6.61 Å². The van der Waals surface area contributed by atoms with E-state index in [9.17, 15) is 0 Å². The third-order valence-electron chi connectivity index (χ3n) is 1.71. The molecule has 4 nitrogen and oxygen atoms in total. The molecule has 15 heavy (non-hydrogen) atoms. The molecule has 0 aromatic carbocycles. The predicted molar refractivity (Wildman–Crippen MR) is 60.9 cm³/mol. The third-order valence-corrected chi connectivity index (χ3v) is 3.31. The number of nitrogens with zero attached hydrogens (tertiary/aromatic N) is 2. The molecule has 2 aromatic rings. The summed E-state index contributed by atoms with van der Waals surface area (Å²) in [6, 6.07) is 1.96. The Morgan fingerprint density at radius 1 is 1.53 bits per heavy atom. The molecule has 0 aliphatic carbocycles. The lowest BCUT2D eigenvalue weighted by Gasteiger charge is -1.91. The van der Waals surface area contributed by atoms with Crippen molar-refractivity contribution in [3.05, 3.63) is 22.7 Å². The molecule has 2 heterocycles. The molecule has 0 fully saturated rings. The van der Waals surface area contributed by atoms with Crippen LogP contribution >= 0.6 is 23.1 Å². The molecular weight excluding hydrogens is 232 g/mol. The summed E-state index contributed by atoms with van der Waals surface area (Å²) in [4.78, 5) is 4.25. The van der Waals surface area contributed by atoms with Gasteiger partial charge in [-0.2, -0.15) is 16.3 Å². The Bertz CT molecular complexity index is 400. The molecule has 0 radical (unpaired) electrons. The van der Waals surface area contributed by atoms with Gasteiger partial charge in [0.2, 0.25) is 11.7 Å². The van der Waals surface area contributed by atoms with Crippen molar-refractivity contribution in [2.24, 2.45) is 0 Å². The van der Waals surface area contributed by atoms with Crippen LogP contribution in [0.5, 0.6) is 0 Å². The molecular formula is C9H10N2O2S2. The average molecular weight is 242 g/mol. The second kappa shape index (κ2) is 5.29. The SMILES string of the molecule is OCCSCc1nc(-c2ccsc2)no1. The molecule has 0 saturated heterocycles. The monoisotopic (exact) mass is 242 g/mol. The van der Waals surface area contributed by atoms with Crippen molar-refractivity contribution < 1.29 is 9.63 Å². The minimum atomic E-state index is 0.177. The topological polar surface area (TPSA) is 59.2 Å². The van der Waals surface area contributed by atoms with Crippen LogP contribution < -0.4 is 0 Å². The van der Waals surface area contributed by atoms with Crippen LogP contribution in [-0.4, -0.2) is 27.6 Å². The van der Waals surface area contributed by atoms with Gasteiger partial charge in [0.15, 0.2) is 0 Å². The third kappa shape index (κ3) is 2.80. The Labute approximate surface area is 95.3 Å². The number of rotatable bonds is 5. The van der Waals surface area contributed by atoms with Gasteiger partial charge < -0.3 is 9.63 Å². The number of aliphatic hydroxyl groups excluding tert-OH is 1. The van der Waals surface area contributed by atoms with E-state index in [1.54, 1.807) is 23.1 Å². The van der Waals surface area contributed by atoms with Gasteiger partial charge in [0.05, 0.1) is 12.4 Å². The van der Waals surface area contributed by atoms with E-state index in [2.05, 4.69) is 10.1 Å². The Morgan fingerprint density at radius 2 is 2.47 bits per heavy atom. The molecule has 0 spiro atoms. The van der Waals surface area contributed by atoms with Crippen molar-refractivity contribution in [1.82, 2.24) is 10.1 Å². The van der Waals surface area contributed by atoms with Crippen molar-refractivity contribution in [2.45, 2.75) is 5.75 Å². The fraction of sp³-hybridized carbons (Fsp3) is 0.333. The Hall–Kier alpha value is -0.850. The van der Waals surface area contributed by atoms with Crippen LogP contribution in [0.15, 0.2) is 21.3 Å². The van der Waals surface area contributed by atoms with Gasteiger partial charge in [0.25, 0.3) is 0 Å². The predicted octanol–water partition coefficient (Wildman–Crippen LogP) is 2.02. The number of hydrogen-bond donors (Lipinski definition) is 1. The second-order valence-electron chi connectivity index (χ2n) is 2.80. The number of aliphatic hydroxyl groups is 1. The lowest BCUT2D eigenvalue weighted by molar-refractivity contribution is 0.322. The van der Waals surface area contributed by atoms with E-state index in [0.29, 0.717) is 23.2 Å². The highest BCUT2D eigenvalue weighted by Gasteiger charge is 2.08. The summed E-state index contributed by atoms with van der Waals surface area (Å²) in [6.07, 6.45) is 0. The Balaban J connectivity index is 1.98. The first-order valence-electron chi connectivity index (χ1n) is 4.44. The molecule has 80 valence electrons. The quantitative estimate of drug-likeness (QED) is 0.813. The lowest BCUT2D eigenvalue weighted by atomic mass is 10.3. The van der Waals surface area contributed by atoms with Crippen molar-refractivity contribution in [3.8, 4) is 11.4 Å². The van der Waals surface area contributed by atoms with Crippen LogP contribution in [0.2, 0.25) is 0 Å². The first kappa shape index (κ1) is 10.7. The van der Waals surface area contributed by atoms with Gasteiger partial charge in [0.1, 0.15) is 0 Å². The summed E-state index contributed by atoms with van der Waals surface area (Å²) >= 11 is 3.18. The van der Waals surface area contributed by atoms with Crippen LogP contribution in [0.25, 0.3) is 11.4 Å². The minimum absolute atomic E-state index is 0.177. The van der Waals surface area contributed by atoms with E-state index in [1.807, 2.05) is 16.8 Å². The van der Waals surface area contributed by atoms with E-state index in [4.69, 9.17) is 9.63 Å². The molecule has 0 aliphatic rings. The van der Waals surface area contributed by atoms with Gasteiger partial charge in [0, 0.05) is 16.7 Å². The molecule has 2 rings (SSSR count). The highest BCUT2D eigenvalue weighted by atomic mass is 32.2. The zero-order chi connectivity index (χ0) is 10.5. The number of hydrogen-bond acceptors (Lipinski definition) is 6. The highest BCUT2D eigenvalue weighted by Crippen LogP contribution is 2.20. The molecule has 0 atom stereocenters. The Kier molecular flexibility index (Phi) is 3.76. The maximum Gasteiger partial charge on any atom is 0.236 e. The zero-order valence-corrected chi connectivity index (χ0v) is 9.55. The number of aromatic nitrogens is 2. The fourth-order valence-corrected chi connectivity index (χ4v) is 2.25. The van der Waals surface area contributed by atoms with Crippen LogP contribution in [0, 0.1) is 0 Å². The maximum atomic E-state index is 8.61. The standard InChI is InChI=1S/C9H10N2O2S2/c12-2-4-15-6-8-10-9(11-13-8)7-1-3-14-5-7/h1,3,5,12H,2,4,6H2. The highest BCUT2D eigenvalue weighted by molar-refractivity contribution is 7.98. The summed E-state index contributed by atoms with van der Waals surface area (Å²) < 4.78 is 5.08. The van der Waals surface area contributed by atoms with Gasteiger partial charge in [-0.15, -0.1) is 11.8 Å². The fourth-order valence-electron chi connectivity index (χ4n) is 1.05. The zero-order valence-electron chi connectivity index (χ0n) is 7.92. The smallest absolute Gasteiger partial charge is 0.236 e.